The summed E-state index contributed by atoms with van der Waals surface area (Å²) in [4.78, 5) is 0. The molecule has 0 heterocycles. The van der Waals surface area contributed by atoms with E-state index in [1.165, 1.54) is 39.0 Å². The van der Waals surface area contributed by atoms with Crippen molar-refractivity contribution in [1.29, 1.82) is 0 Å². The molecule has 0 saturated carbocycles. The van der Waals surface area contributed by atoms with Gasteiger partial charge in [0.05, 0.1) is 0 Å². The lowest BCUT2D eigenvalue weighted by atomic mass is 9.66. The minimum atomic E-state index is 0.301. The van der Waals surface area contributed by atoms with Gasteiger partial charge in [-0.25, -0.2) is 0 Å². The number of nitrogens with two attached hydrogens (primary N) is 2. The highest BCUT2D eigenvalue weighted by molar-refractivity contribution is 5.87. The fourth-order valence-corrected chi connectivity index (χ4v) is 4.12. The van der Waals surface area contributed by atoms with Gasteiger partial charge in [-0.3, -0.25) is 0 Å². The first-order chi connectivity index (χ1) is 11.7. The summed E-state index contributed by atoms with van der Waals surface area (Å²) in [7, 11) is 0. The molecule has 0 fully saturated rings. The Bertz CT molecular complexity index is 973. The Balaban J connectivity index is 1.71. The second-order valence-electron chi connectivity index (χ2n) is 6.64. The predicted molar refractivity (Wildman–Crippen MR) is 99.6 cm³/mol. The maximum atomic E-state index is 6.26. The van der Waals surface area contributed by atoms with Gasteiger partial charge in [-0.05, 0) is 52.0 Å². The van der Waals surface area contributed by atoms with Gasteiger partial charge in [0.15, 0.2) is 0 Å². The minimum Gasteiger partial charge on any atom is -0.399 e. The van der Waals surface area contributed by atoms with E-state index in [1.54, 1.807) is 0 Å². The Morgan fingerprint density at radius 3 is 2.54 bits per heavy atom. The molecule has 24 heavy (non-hydrogen) atoms. The second kappa shape index (κ2) is 4.75. The van der Waals surface area contributed by atoms with Gasteiger partial charge in [-0.2, -0.15) is 0 Å². The van der Waals surface area contributed by atoms with Gasteiger partial charge in [-0.15, -0.1) is 0 Å². The molecule has 0 bridgehead atoms. The molecule has 4 aliphatic carbocycles. The average Bonchev–Trinajstić information content (AvgIpc) is 2.62. The summed E-state index contributed by atoms with van der Waals surface area (Å²) in [5.74, 6) is 0.301. The Morgan fingerprint density at radius 1 is 0.875 bits per heavy atom. The number of hydrogen-bond donors (Lipinski definition) is 2. The van der Waals surface area contributed by atoms with Crippen LogP contribution in [-0.2, 0) is 0 Å². The van der Waals surface area contributed by atoms with E-state index in [-0.39, 0.29) is 0 Å². The van der Waals surface area contributed by atoms with Gasteiger partial charge in [0, 0.05) is 22.9 Å². The van der Waals surface area contributed by atoms with Crippen LogP contribution in [0.2, 0.25) is 0 Å². The van der Waals surface area contributed by atoms with Crippen molar-refractivity contribution in [2.45, 2.75) is 6.42 Å². The number of nitrogen functional groups attached to an aromatic ring is 1. The Hall–Kier alpha value is -3.00. The molecule has 1 aromatic carbocycles. The van der Waals surface area contributed by atoms with Crippen LogP contribution >= 0.6 is 0 Å². The van der Waals surface area contributed by atoms with E-state index in [4.69, 9.17) is 11.5 Å². The fraction of sp³-hybridized carbons (Fsp3) is 0.0909. The van der Waals surface area contributed by atoms with Crippen LogP contribution in [0.4, 0.5) is 5.69 Å². The summed E-state index contributed by atoms with van der Waals surface area (Å²) in [5, 5.41) is 0. The van der Waals surface area contributed by atoms with Gasteiger partial charge in [0.1, 0.15) is 0 Å². The minimum absolute atomic E-state index is 0.301. The van der Waals surface area contributed by atoms with E-state index in [0.29, 0.717) is 5.92 Å². The average molecular weight is 310 g/mol. The van der Waals surface area contributed by atoms with E-state index in [9.17, 15) is 0 Å². The fourth-order valence-electron chi connectivity index (χ4n) is 4.12. The van der Waals surface area contributed by atoms with E-state index >= 15 is 0 Å². The molecule has 0 saturated heterocycles. The molecule has 1 aromatic rings. The van der Waals surface area contributed by atoms with E-state index < -0.39 is 0 Å². The third kappa shape index (κ3) is 1.77. The summed E-state index contributed by atoms with van der Waals surface area (Å²) in [6.45, 7) is 0. The lowest BCUT2D eigenvalue weighted by molar-refractivity contribution is 0.828. The van der Waals surface area contributed by atoms with Gasteiger partial charge in [-0.1, -0.05) is 54.7 Å². The van der Waals surface area contributed by atoms with Crippen molar-refractivity contribution >= 4 is 11.3 Å². The number of anilines is 1. The molecular weight excluding hydrogens is 292 g/mol. The zero-order valence-corrected chi connectivity index (χ0v) is 13.3. The molecule has 2 heteroatoms. The van der Waals surface area contributed by atoms with Crippen LogP contribution in [0.5, 0.6) is 0 Å². The van der Waals surface area contributed by atoms with Crippen molar-refractivity contribution in [3.8, 4) is 0 Å². The monoisotopic (exact) mass is 310 g/mol. The Kier molecular flexibility index (Phi) is 2.66. The zero-order valence-electron chi connectivity index (χ0n) is 13.3. The number of benzene rings is 1. The van der Waals surface area contributed by atoms with E-state index in [2.05, 4.69) is 54.7 Å². The number of hydrogen-bond acceptors (Lipinski definition) is 2. The third-order valence-corrected chi connectivity index (χ3v) is 5.30. The molecule has 5 rings (SSSR count). The van der Waals surface area contributed by atoms with Crippen molar-refractivity contribution in [3.05, 3.63) is 106 Å². The molecule has 1 atom stereocenters. The smallest absolute Gasteiger partial charge is 0.0355 e. The SMILES string of the molecule is NC1=CCC2=CC=C3C(c4ccc(N)cc4)=CC=C4C=CC1=C2C43. The van der Waals surface area contributed by atoms with Crippen LogP contribution in [-0.4, -0.2) is 0 Å². The molecule has 0 spiro atoms. The highest BCUT2D eigenvalue weighted by Gasteiger charge is 2.35. The standard InChI is InChI=1S/C22H18N2/c23-16-7-1-13(2-8-16)17-9-3-14-5-11-19-20(24)12-6-15-4-10-18(17)21(14)22(15)19/h1-5,7-12,21H,6,23-24H2. The van der Waals surface area contributed by atoms with Gasteiger partial charge < -0.3 is 11.5 Å². The van der Waals surface area contributed by atoms with Gasteiger partial charge in [0.25, 0.3) is 0 Å². The third-order valence-electron chi connectivity index (χ3n) is 5.30. The van der Waals surface area contributed by atoms with Crippen molar-refractivity contribution in [2.24, 2.45) is 11.7 Å². The van der Waals surface area contributed by atoms with Crippen molar-refractivity contribution < 1.29 is 0 Å². The molecule has 0 aliphatic heterocycles. The van der Waals surface area contributed by atoms with Crippen LogP contribution in [0, 0.1) is 5.92 Å². The van der Waals surface area contributed by atoms with Gasteiger partial charge in [0.2, 0.25) is 0 Å². The maximum absolute atomic E-state index is 6.26. The summed E-state index contributed by atoms with van der Waals surface area (Å²) in [6, 6.07) is 8.13. The molecular formula is C22H18N2. The molecule has 0 amide bonds. The van der Waals surface area contributed by atoms with E-state index in [1.807, 2.05) is 12.1 Å². The number of rotatable bonds is 1. The molecule has 0 aromatic heterocycles. The summed E-state index contributed by atoms with van der Waals surface area (Å²) < 4.78 is 0. The predicted octanol–water partition coefficient (Wildman–Crippen LogP) is 4.19. The van der Waals surface area contributed by atoms with Crippen LogP contribution in [0.25, 0.3) is 5.57 Å². The summed E-state index contributed by atoms with van der Waals surface area (Å²) >= 11 is 0. The Morgan fingerprint density at radius 2 is 1.71 bits per heavy atom. The molecule has 2 nitrogen and oxygen atoms in total. The van der Waals surface area contributed by atoms with Crippen LogP contribution in [0.1, 0.15) is 12.0 Å². The molecule has 4 aliphatic rings. The first-order valence-corrected chi connectivity index (χ1v) is 8.30. The quantitative estimate of drug-likeness (QED) is 0.764. The summed E-state index contributed by atoms with van der Waals surface area (Å²) in [5.41, 5.74) is 23.0. The largest absolute Gasteiger partial charge is 0.399 e. The maximum Gasteiger partial charge on any atom is 0.0355 e. The van der Waals surface area contributed by atoms with Crippen LogP contribution in [0.3, 0.4) is 0 Å². The van der Waals surface area contributed by atoms with Crippen molar-refractivity contribution in [3.63, 3.8) is 0 Å². The molecule has 0 radical (unpaired) electrons. The van der Waals surface area contributed by atoms with Gasteiger partial charge >= 0.3 is 0 Å². The molecule has 1 unspecified atom stereocenters. The topological polar surface area (TPSA) is 52.0 Å². The van der Waals surface area contributed by atoms with E-state index in [0.717, 1.165) is 17.8 Å². The summed E-state index contributed by atoms with van der Waals surface area (Å²) in [6.07, 6.45) is 16.4. The second-order valence-corrected chi connectivity index (χ2v) is 6.64. The van der Waals surface area contributed by atoms with Crippen LogP contribution in [0.15, 0.2) is 100 Å². The number of allylic oxidation sites excluding steroid dienone is 12. The molecule has 4 N–H and O–H groups in total. The van der Waals surface area contributed by atoms with Crippen LogP contribution < -0.4 is 11.5 Å². The van der Waals surface area contributed by atoms with Crippen molar-refractivity contribution in [2.75, 3.05) is 5.73 Å². The van der Waals surface area contributed by atoms with Crippen molar-refractivity contribution in [1.82, 2.24) is 0 Å². The lowest BCUT2D eigenvalue weighted by Gasteiger charge is -2.38. The highest BCUT2D eigenvalue weighted by atomic mass is 14.6. The zero-order chi connectivity index (χ0) is 16.3. The molecule has 116 valence electrons. The lowest BCUT2D eigenvalue weighted by Crippen LogP contribution is -2.25. The Labute approximate surface area is 141 Å². The first kappa shape index (κ1) is 13.4. The first-order valence-electron chi connectivity index (χ1n) is 8.30. The normalized spacial score (nSPS) is 23.7. The highest BCUT2D eigenvalue weighted by Crippen LogP contribution is 2.50.